The van der Waals surface area contributed by atoms with E-state index in [1.807, 2.05) is 68.4 Å². The number of carbonyl (C=O) groups excluding carboxylic acids is 1. The summed E-state index contributed by atoms with van der Waals surface area (Å²) in [7, 11) is 0. The Bertz CT molecular complexity index is 1090. The first-order valence-corrected chi connectivity index (χ1v) is 10.3. The lowest BCUT2D eigenvalue weighted by Crippen LogP contribution is -2.36. The molecule has 3 nitrogen and oxygen atoms in total. The summed E-state index contributed by atoms with van der Waals surface area (Å²) in [6, 6.07) is 17.7. The Balaban J connectivity index is 2.22. The molecule has 158 valence electrons. The van der Waals surface area contributed by atoms with Gasteiger partial charge in [0.15, 0.2) is 0 Å². The Hall–Kier alpha value is -2.88. The molecule has 0 aliphatic heterocycles. The van der Waals surface area contributed by atoms with Gasteiger partial charge in [0.25, 0.3) is 0 Å². The molecule has 4 heteroatoms. The molecule has 1 amide bonds. The van der Waals surface area contributed by atoms with Crippen LogP contribution in [0.3, 0.4) is 0 Å². The number of halogens is 1. The summed E-state index contributed by atoms with van der Waals surface area (Å²) in [5, 5.41) is 0.851. The molecule has 1 heterocycles. The van der Waals surface area contributed by atoms with Crippen LogP contribution in [0.4, 0.5) is 4.39 Å². The van der Waals surface area contributed by atoms with Crippen molar-refractivity contribution in [1.82, 2.24) is 4.57 Å². The number of fused-ring (bicyclic) bond motifs is 1. The molecule has 2 N–H and O–H groups in total. The Kier molecular flexibility index (Phi) is 5.89. The highest BCUT2D eigenvalue weighted by Crippen LogP contribution is 2.40. The van der Waals surface area contributed by atoms with E-state index in [1.54, 1.807) is 6.08 Å². The first-order valence-electron chi connectivity index (χ1n) is 10.3. The maximum atomic E-state index is 15.7. The number of nitrogens with two attached hydrogens (primary N) is 1. The van der Waals surface area contributed by atoms with Crippen molar-refractivity contribution in [1.29, 1.82) is 0 Å². The van der Waals surface area contributed by atoms with E-state index >= 15 is 4.39 Å². The summed E-state index contributed by atoms with van der Waals surface area (Å²) in [4.78, 5) is 12.0. The van der Waals surface area contributed by atoms with Crippen molar-refractivity contribution in [2.45, 2.75) is 53.0 Å². The number of para-hydroxylation sites is 1. The van der Waals surface area contributed by atoms with Crippen LogP contribution in [0.2, 0.25) is 0 Å². The summed E-state index contributed by atoms with van der Waals surface area (Å²) >= 11 is 0. The van der Waals surface area contributed by atoms with Gasteiger partial charge in [0.1, 0.15) is 5.83 Å². The van der Waals surface area contributed by atoms with Gasteiger partial charge in [-0.2, -0.15) is 0 Å². The summed E-state index contributed by atoms with van der Waals surface area (Å²) in [5.74, 6) is -0.614. The van der Waals surface area contributed by atoms with Gasteiger partial charge in [-0.05, 0) is 38.0 Å². The second-order valence-electron chi connectivity index (χ2n) is 9.57. The summed E-state index contributed by atoms with van der Waals surface area (Å²) in [6.07, 6.45) is 2.17. The van der Waals surface area contributed by atoms with Crippen molar-refractivity contribution in [2.24, 2.45) is 11.1 Å². The van der Waals surface area contributed by atoms with E-state index in [4.69, 9.17) is 5.73 Å². The van der Waals surface area contributed by atoms with Crippen LogP contribution in [-0.4, -0.2) is 10.5 Å². The standard InChI is InChI=1S/C26H31FN2O/c1-25(2,3)23-22(20(27)16-15-18-11-7-6-8-12-18)19-13-9-10-14-21(19)29(23)17-26(4,5)24(28)30/h6-14,16H,15,17H2,1-5H3,(H2,28,30)/b20-16-. The third-order valence-electron chi connectivity index (χ3n) is 5.50. The molecule has 0 saturated heterocycles. The molecule has 2 aromatic carbocycles. The SMILES string of the molecule is CC(C)(Cn1c(C(C)(C)C)c(/C(F)=C/Cc2ccccc2)c2ccccc21)C(N)=O. The zero-order valence-electron chi connectivity index (χ0n) is 18.5. The topological polar surface area (TPSA) is 48.0 Å². The fraction of sp³-hybridized carbons (Fsp3) is 0.346. The zero-order valence-corrected chi connectivity index (χ0v) is 18.5. The van der Waals surface area contributed by atoms with Gasteiger partial charge in [-0.25, -0.2) is 4.39 Å². The van der Waals surface area contributed by atoms with Crippen LogP contribution in [0.25, 0.3) is 16.7 Å². The number of allylic oxidation sites excluding steroid dienone is 1. The number of benzene rings is 2. The van der Waals surface area contributed by atoms with Crippen LogP contribution in [0, 0.1) is 5.41 Å². The minimum atomic E-state index is -0.761. The van der Waals surface area contributed by atoms with Gasteiger partial charge in [0, 0.05) is 34.1 Å². The molecule has 0 spiro atoms. The number of hydrogen-bond donors (Lipinski definition) is 1. The molecule has 3 aromatic rings. The molecule has 0 aliphatic rings. The molecule has 0 unspecified atom stereocenters. The molecule has 0 aliphatic carbocycles. The fourth-order valence-corrected chi connectivity index (χ4v) is 3.89. The molecule has 0 bridgehead atoms. The Morgan fingerprint density at radius 2 is 1.60 bits per heavy atom. The van der Waals surface area contributed by atoms with Crippen LogP contribution in [0.1, 0.15) is 51.4 Å². The highest BCUT2D eigenvalue weighted by atomic mass is 19.1. The van der Waals surface area contributed by atoms with E-state index < -0.39 is 5.41 Å². The number of nitrogens with zero attached hydrogens (tertiary/aromatic N) is 1. The third-order valence-corrected chi connectivity index (χ3v) is 5.50. The lowest BCUT2D eigenvalue weighted by atomic mass is 9.86. The van der Waals surface area contributed by atoms with E-state index in [2.05, 4.69) is 25.3 Å². The Morgan fingerprint density at radius 3 is 2.20 bits per heavy atom. The van der Waals surface area contributed by atoms with Crippen molar-refractivity contribution in [3.05, 3.63) is 77.5 Å². The number of aromatic nitrogens is 1. The third kappa shape index (κ3) is 4.33. The summed E-state index contributed by atoms with van der Waals surface area (Å²) < 4.78 is 17.8. The largest absolute Gasteiger partial charge is 0.369 e. The second kappa shape index (κ2) is 8.10. The number of primary amides is 1. The van der Waals surface area contributed by atoms with E-state index in [1.165, 1.54) is 0 Å². The van der Waals surface area contributed by atoms with Gasteiger partial charge in [-0.1, -0.05) is 69.3 Å². The predicted octanol–water partition coefficient (Wildman–Crippen LogP) is 6.00. The lowest BCUT2D eigenvalue weighted by molar-refractivity contribution is -0.126. The van der Waals surface area contributed by atoms with E-state index in [9.17, 15) is 4.79 Å². The van der Waals surface area contributed by atoms with Crippen molar-refractivity contribution < 1.29 is 9.18 Å². The molecule has 3 rings (SSSR count). The van der Waals surface area contributed by atoms with Crippen LogP contribution in [0.15, 0.2) is 60.7 Å². The van der Waals surface area contributed by atoms with Crippen molar-refractivity contribution in [3.8, 4) is 0 Å². The Labute approximate surface area is 178 Å². The monoisotopic (exact) mass is 406 g/mol. The van der Waals surface area contributed by atoms with E-state index in [0.717, 1.165) is 22.2 Å². The first kappa shape index (κ1) is 21.8. The quantitative estimate of drug-likeness (QED) is 0.536. The van der Waals surface area contributed by atoms with Gasteiger partial charge in [-0.3, -0.25) is 4.79 Å². The van der Waals surface area contributed by atoms with E-state index in [0.29, 0.717) is 18.5 Å². The molecule has 0 saturated carbocycles. The lowest BCUT2D eigenvalue weighted by Gasteiger charge is -2.28. The molecule has 0 radical (unpaired) electrons. The zero-order chi connectivity index (χ0) is 22.1. The van der Waals surface area contributed by atoms with Crippen molar-refractivity contribution in [3.63, 3.8) is 0 Å². The highest BCUT2D eigenvalue weighted by Gasteiger charge is 2.33. The minimum Gasteiger partial charge on any atom is -0.369 e. The van der Waals surface area contributed by atoms with E-state index in [-0.39, 0.29) is 17.1 Å². The van der Waals surface area contributed by atoms with Crippen LogP contribution in [-0.2, 0) is 23.2 Å². The molecular weight excluding hydrogens is 375 g/mol. The summed E-state index contributed by atoms with van der Waals surface area (Å²) in [6.45, 7) is 10.3. The molecular formula is C26H31FN2O. The number of rotatable bonds is 6. The molecule has 0 atom stereocenters. The predicted molar refractivity (Wildman–Crippen MR) is 123 cm³/mol. The molecule has 1 aromatic heterocycles. The second-order valence-corrected chi connectivity index (χ2v) is 9.57. The average molecular weight is 407 g/mol. The number of carbonyl (C=O) groups is 1. The van der Waals surface area contributed by atoms with Crippen LogP contribution >= 0.6 is 0 Å². The first-order chi connectivity index (χ1) is 14.0. The Morgan fingerprint density at radius 1 is 1.00 bits per heavy atom. The van der Waals surface area contributed by atoms with Crippen LogP contribution < -0.4 is 5.73 Å². The highest BCUT2D eigenvalue weighted by molar-refractivity contribution is 5.94. The number of amides is 1. The normalized spacial score (nSPS) is 13.1. The van der Waals surface area contributed by atoms with Gasteiger partial charge in [0.2, 0.25) is 5.91 Å². The maximum absolute atomic E-state index is 15.7. The maximum Gasteiger partial charge on any atom is 0.224 e. The summed E-state index contributed by atoms with van der Waals surface area (Å²) in [5.41, 5.74) is 8.02. The molecule has 30 heavy (non-hydrogen) atoms. The van der Waals surface area contributed by atoms with Crippen LogP contribution in [0.5, 0.6) is 0 Å². The molecule has 0 fully saturated rings. The van der Waals surface area contributed by atoms with Gasteiger partial charge < -0.3 is 10.3 Å². The van der Waals surface area contributed by atoms with Gasteiger partial charge in [-0.15, -0.1) is 0 Å². The fourth-order valence-electron chi connectivity index (χ4n) is 3.89. The van der Waals surface area contributed by atoms with Gasteiger partial charge >= 0.3 is 0 Å². The minimum absolute atomic E-state index is 0.240. The average Bonchev–Trinajstić information content (AvgIpc) is 3.01. The smallest absolute Gasteiger partial charge is 0.224 e. The number of hydrogen-bond acceptors (Lipinski definition) is 1. The van der Waals surface area contributed by atoms with Crippen molar-refractivity contribution >= 4 is 22.6 Å². The van der Waals surface area contributed by atoms with Gasteiger partial charge in [0.05, 0.1) is 5.41 Å². The van der Waals surface area contributed by atoms with Crippen molar-refractivity contribution in [2.75, 3.05) is 0 Å².